The van der Waals surface area contributed by atoms with Crippen LogP contribution in [0.3, 0.4) is 0 Å². The van der Waals surface area contributed by atoms with E-state index in [9.17, 15) is 4.79 Å². The maximum absolute atomic E-state index is 10.3. The number of nitrogens with zero attached hydrogens (tertiary/aromatic N) is 2. The number of aromatic amines is 1. The standard InChI is InChI=1S/C11H7N3O2/c12-6-7-1-2-8-9(5-7)14-10(13-8)3-4-11(15)16/h1-5H,(H,13,14)(H,15,16)/b4-3+. The smallest absolute Gasteiger partial charge is 0.328 e. The molecule has 78 valence electrons. The number of hydrogen-bond donors (Lipinski definition) is 2. The van der Waals surface area contributed by atoms with Crippen molar-refractivity contribution in [3.63, 3.8) is 0 Å². The number of aliphatic carboxylic acids is 1. The summed E-state index contributed by atoms with van der Waals surface area (Å²) in [4.78, 5) is 17.4. The van der Waals surface area contributed by atoms with Gasteiger partial charge >= 0.3 is 5.97 Å². The number of rotatable bonds is 2. The zero-order chi connectivity index (χ0) is 11.5. The van der Waals surface area contributed by atoms with Crippen LogP contribution < -0.4 is 0 Å². The predicted molar refractivity (Wildman–Crippen MR) is 57.5 cm³/mol. The molecule has 2 aromatic rings. The van der Waals surface area contributed by atoms with Crippen LogP contribution in [0.25, 0.3) is 17.1 Å². The first-order valence-electron chi connectivity index (χ1n) is 4.50. The summed E-state index contributed by atoms with van der Waals surface area (Å²) < 4.78 is 0. The van der Waals surface area contributed by atoms with Gasteiger partial charge in [-0.3, -0.25) is 0 Å². The molecule has 1 aromatic heterocycles. The molecule has 5 heteroatoms. The van der Waals surface area contributed by atoms with E-state index in [1.807, 2.05) is 6.07 Å². The van der Waals surface area contributed by atoms with Gasteiger partial charge in [0.25, 0.3) is 0 Å². The van der Waals surface area contributed by atoms with Gasteiger partial charge in [-0.15, -0.1) is 0 Å². The summed E-state index contributed by atoms with van der Waals surface area (Å²) in [5.41, 5.74) is 1.94. The zero-order valence-corrected chi connectivity index (χ0v) is 8.14. The van der Waals surface area contributed by atoms with E-state index in [2.05, 4.69) is 9.97 Å². The van der Waals surface area contributed by atoms with Crippen molar-refractivity contribution in [1.29, 1.82) is 5.26 Å². The van der Waals surface area contributed by atoms with Gasteiger partial charge in [-0.25, -0.2) is 9.78 Å². The van der Waals surface area contributed by atoms with Gasteiger partial charge in [0.2, 0.25) is 0 Å². The van der Waals surface area contributed by atoms with Gasteiger partial charge in [-0.2, -0.15) is 5.26 Å². The molecule has 0 fully saturated rings. The highest BCUT2D eigenvalue weighted by molar-refractivity contribution is 5.86. The Morgan fingerprint density at radius 3 is 3.06 bits per heavy atom. The second kappa shape index (κ2) is 3.87. The minimum Gasteiger partial charge on any atom is -0.478 e. The van der Waals surface area contributed by atoms with Crippen molar-refractivity contribution in [2.75, 3.05) is 0 Å². The molecule has 0 saturated carbocycles. The Bertz CT molecular complexity index is 620. The molecule has 0 unspecified atom stereocenters. The number of fused-ring (bicyclic) bond motifs is 1. The average Bonchev–Trinajstić information content (AvgIpc) is 2.67. The fourth-order valence-corrected chi connectivity index (χ4v) is 1.33. The van der Waals surface area contributed by atoms with Gasteiger partial charge < -0.3 is 10.1 Å². The number of imidazole rings is 1. The lowest BCUT2D eigenvalue weighted by molar-refractivity contribution is -0.131. The van der Waals surface area contributed by atoms with Crippen LogP contribution in [0.2, 0.25) is 0 Å². The quantitative estimate of drug-likeness (QED) is 0.740. The molecule has 1 aromatic carbocycles. The van der Waals surface area contributed by atoms with Crippen molar-refractivity contribution in [3.05, 3.63) is 35.7 Å². The van der Waals surface area contributed by atoms with E-state index >= 15 is 0 Å². The Kier molecular flexibility index (Phi) is 2.40. The van der Waals surface area contributed by atoms with Gasteiger partial charge in [-0.1, -0.05) is 0 Å². The fourth-order valence-electron chi connectivity index (χ4n) is 1.33. The van der Waals surface area contributed by atoms with Crippen molar-refractivity contribution in [2.45, 2.75) is 0 Å². The van der Waals surface area contributed by atoms with Crippen molar-refractivity contribution < 1.29 is 9.90 Å². The number of aromatic nitrogens is 2. The number of H-pyrrole nitrogens is 1. The fraction of sp³-hybridized carbons (Fsp3) is 0. The minimum absolute atomic E-state index is 0.451. The van der Waals surface area contributed by atoms with Gasteiger partial charge in [0.05, 0.1) is 22.7 Å². The van der Waals surface area contributed by atoms with Crippen molar-refractivity contribution in [2.24, 2.45) is 0 Å². The van der Waals surface area contributed by atoms with E-state index < -0.39 is 5.97 Å². The van der Waals surface area contributed by atoms with E-state index in [0.717, 1.165) is 6.08 Å². The molecule has 16 heavy (non-hydrogen) atoms. The molecule has 1 heterocycles. The Labute approximate surface area is 90.7 Å². The molecule has 0 bridgehead atoms. The predicted octanol–water partition coefficient (Wildman–Crippen LogP) is 1.53. The SMILES string of the molecule is N#Cc1ccc2nc(/C=C/C(=O)O)[nH]c2c1. The maximum Gasteiger partial charge on any atom is 0.328 e. The molecule has 0 radical (unpaired) electrons. The van der Waals surface area contributed by atoms with Crippen molar-refractivity contribution >= 4 is 23.1 Å². The van der Waals surface area contributed by atoms with E-state index in [0.29, 0.717) is 22.4 Å². The number of carbonyl (C=O) groups is 1. The monoisotopic (exact) mass is 213 g/mol. The first kappa shape index (κ1) is 9.93. The first-order valence-corrected chi connectivity index (χ1v) is 4.50. The van der Waals surface area contributed by atoms with Crippen molar-refractivity contribution in [3.8, 4) is 6.07 Å². The Hall–Kier alpha value is -2.61. The van der Waals surface area contributed by atoms with Crippen LogP contribution >= 0.6 is 0 Å². The second-order valence-electron chi connectivity index (χ2n) is 3.14. The Morgan fingerprint density at radius 2 is 2.38 bits per heavy atom. The summed E-state index contributed by atoms with van der Waals surface area (Å²) in [6.07, 6.45) is 2.37. The lowest BCUT2D eigenvalue weighted by atomic mass is 10.2. The first-order chi connectivity index (χ1) is 7.69. The molecule has 0 saturated heterocycles. The van der Waals surface area contributed by atoms with Crippen LogP contribution in [-0.2, 0) is 4.79 Å². The molecule has 0 aliphatic rings. The largest absolute Gasteiger partial charge is 0.478 e. The number of nitrogens with one attached hydrogen (secondary N) is 1. The Balaban J connectivity index is 2.45. The molecule has 0 aliphatic heterocycles. The summed E-state index contributed by atoms with van der Waals surface area (Å²) in [6.45, 7) is 0. The third kappa shape index (κ3) is 1.91. The van der Waals surface area contributed by atoms with Crippen LogP contribution in [0.15, 0.2) is 24.3 Å². The van der Waals surface area contributed by atoms with E-state index in [-0.39, 0.29) is 0 Å². The van der Waals surface area contributed by atoms with E-state index in [1.165, 1.54) is 6.08 Å². The number of nitriles is 1. The highest BCUT2D eigenvalue weighted by Gasteiger charge is 2.01. The lowest BCUT2D eigenvalue weighted by Crippen LogP contribution is -1.86. The minimum atomic E-state index is -1.03. The zero-order valence-electron chi connectivity index (χ0n) is 8.14. The molecule has 0 atom stereocenters. The van der Waals surface area contributed by atoms with Crippen LogP contribution in [0.1, 0.15) is 11.4 Å². The number of carboxylic acid groups (broad SMARTS) is 1. The second-order valence-corrected chi connectivity index (χ2v) is 3.14. The molecular weight excluding hydrogens is 206 g/mol. The molecular formula is C11H7N3O2. The summed E-state index contributed by atoms with van der Waals surface area (Å²) in [6, 6.07) is 7.06. The molecule has 2 rings (SSSR count). The maximum atomic E-state index is 10.3. The topological polar surface area (TPSA) is 89.8 Å². The van der Waals surface area contributed by atoms with E-state index in [4.69, 9.17) is 10.4 Å². The highest BCUT2D eigenvalue weighted by Crippen LogP contribution is 2.13. The van der Waals surface area contributed by atoms with Gasteiger partial charge in [0, 0.05) is 6.08 Å². The van der Waals surface area contributed by atoms with Gasteiger partial charge in [0.1, 0.15) is 5.82 Å². The van der Waals surface area contributed by atoms with E-state index in [1.54, 1.807) is 18.2 Å². The molecule has 0 amide bonds. The summed E-state index contributed by atoms with van der Waals surface area (Å²) in [5.74, 6) is -0.578. The number of benzene rings is 1. The number of carboxylic acids is 1. The third-order valence-electron chi connectivity index (χ3n) is 2.01. The highest BCUT2D eigenvalue weighted by atomic mass is 16.4. The lowest BCUT2D eigenvalue weighted by Gasteiger charge is -1.87. The third-order valence-corrected chi connectivity index (χ3v) is 2.01. The van der Waals surface area contributed by atoms with Crippen LogP contribution in [0.4, 0.5) is 0 Å². The van der Waals surface area contributed by atoms with Gasteiger partial charge in [-0.05, 0) is 24.3 Å². The molecule has 0 aliphatic carbocycles. The van der Waals surface area contributed by atoms with Crippen LogP contribution in [-0.4, -0.2) is 21.0 Å². The molecule has 5 nitrogen and oxygen atoms in total. The van der Waals surface area contributed by atoms with Crippen molar-refractivity contribution in [1.82, 2.24) is 9.97 Å². The normalized spacial score (nSPS) is 10.7. The molecule has 2 N–H and O–H groups in total. The van der Waals surface area contributed by atoms with Gasteiger partial charge in [0.15, 0.2) is 0 Å². The number of hydrogen-bond acceptors (Lipinski definition) is 3. The van der Waals surface area contributed by atoms with Crippen LogP contribution in [0, 0.1) is 11.3 Å². The van der Waals surface area contributed by atoms with Crippen LogP contribution in [0.5, 0.6) is 0 Å². The summed E-state index contributed by atoms with van der Waals surface area (Å²) in [5, 5.41) is 17.2. The Morgan fingerprint density at radius 1 is 1.56 bits per heavy atom. The summed E-state index contributed by atoms with van der Waals surface area (Å²) in [7, 11) is 0. The summed E-state index contributed by atoms with van der Waals surface area (Å²) >= 11 is 0. The molecule has 0 spiro atoms. The average molecular weight is 213 g/mol.